The third-order valence-electron chi connectivity index (χ3n) is 2.72. The van der Waals surface area contributed by atoms with Crippen LogP contribution in [0.2, 0.25) is 0 Å². The second-order valence-corrected chi connectivity index (χ2v) is 3.62. The van der Waals surface area contributed by atoms with Crippen molar-refractivity contribution in [3.63, 3.8) is 0 Å². The van der Waals surface area contributed by atoms with E-state index in [9.17, 15) is 0 Å². The molecule has 0 aliphatic heterocycles. The number of aromatic nitrogens is 1. The average Bonchev–Trinajstić information content (AvgIpc) is 2.57. The van der Waals surface area contributed by atoms with Gasteiger partial charge in [0.2, 0.25) is 0 Å². The summed E-state index contributed by atoms with van der Waals surface area (Å²) in [6, 6.07) is 8.29. The highest BCUT2D eigenvalue weighted by molar-refractivity contribution is 5.87. The van der Waals surface area contributed by atoms with Crippen LogP contribution >= 0.6 is 0 Å². The molecule has 0 spiro atoms. The number of methoxy groups -OCH3 is 1. The number of nitrogens with one attached hydrogen (secondary N) is 1. The first-order valence-electron chi connectivity index (χ1n) is 5.04. The zero-order chi connectivity index (χ0) is 10.8. The van der Waals surface area contributed by atoms with Crippen LogP contribution < -0.4 is 10.1 Å². The second-order valence-electron chi connectivity index (χ2n) is 3.62. The SMILES string of the molecule is CNCc1cc2c(OC)cccc2n1C. The molecule has 0 unspecified atom stereocenters. The molecule has 2 aromatic rings. The molecule has 3 nitrogen and oxygen atoms in total. The lowest BCUT2D eigenvalue weighted by Gasteiger charge is -2.03. The maximum absolute atomic E-state index is 5.34. The van der Waals surface area contributed by atoms with Crippen molar-refractivity contribution in [2.24, 2.45) is 7.05 Å². The summed E-state index contributed by atoms with van der Waals surface area (Å²) in [5.41, 5.74) is 2.47. The maximum Gasteiger partial charge on any atom is 0.128 e. The number of nitrogens with zero attached hydrogens (tertiary/aromatic N) is 1. The van der Waals surface area contributed by atoms with Crippen molar-refractivity contribution in [1.82, 2.24) is 9.88 Å². The highest BCUT2D eigenvalue weighted by Crippen LogP contribution is 2.27. The summed E-state index contributed by atoms with van der Waals surface area (Å²) in [4.78, 5) is 0. The molecular weight excluding hydrogens is 188 g/mol. The van der Waals surface area contributed by atoms with Gasteiger partial charge in [-0.2, -0.15) is 0 Å². The Labute approximate surface area is 89.7 Å². The van der Waals surface area contributed by atoms with Gasteiger partial charge in [0.25, 0.3) is 0 Å². The van der Waals surface area contributed by atoms with Gasteiger partial charge in [0.15, 0.2) is 0 Å². The Hall–Kier alpha value is -1.48. The summed E-state index contributed by atoms with van der Waals surface area (Å²) < 4.78 is 7.53. The highest BCUT2D eigenvalue weighted by atomic mass is 16.5. The number of ether oxygens (including phenoxy) is 1. The molecule has 0 aliphatic rings. The Bertz CT molecular complexity index is 474. The monoisotopic (exact) mass is 204 g/mol. The number of benzene rings is 1. The fourth-order valence-electron chi connectivity index (χ4n) is 1.92. The van der Waals surface area contributed by atoms with E-state index in [0.29, 0.717) is 0 Å². The molecule has 1 heterocycles. The van der Waals surface area contributed by atoms with E-state index in [1.807, 2.05) is 19.2 Å². The lowest BCUT2D eigenvalue weighted by molar-refractivity contribution is 0.420. The van der Waals surface area contributed by atoms with Gasteiger partial charge >= 0.3 is 0 Å². The van der Waals surface area contributed by atoms with E-state index in [0.717, 1.165) is 12.3 Å². The topological polar surface area (TPSA) is 26.2 Å². The average molecular weight is 204 g/mol. The van der Waals surface area contributed by atoms with Crippen LogP contribution in [0, 0.1) is 0 Å². The summed E-state index contributed by atoms with van der Waals surface area (Å²) in [6.07, 6.45) is 0. The Morgan fingerprint density at radius 3 is 2.87 bits per heavy atom. The van der Waals surface area contributed by atoms with Crippen molar-refractivity contribution in [3.8, 4) is 5.75 Å². The number of hydrogen-bond donors (Lipinski definition) is 1. The Kier molecular flexibility index (Phi) is 2.64. The van der Waals surface area contributed by atoms with Gasteiger partial charge in [-0.3, -0.25) is 0 Å². The van der Waals surface area contributed by atoms with Gasteiger partial charge in [-0.15, -0.1) is 0 Å². The highest BCUT2D eigenvalue weighted by Gasteiger charge is 2.08. The fraction of sp³-hybridized carbons (Fsp3) is 0.333. The van der Waals surface area contributed by atoms with E-state index >= 15 is 0 Å². The van der Waals surface area contributed by atoms with Crippen LogP contribution in [0.25, 0.3) is 10.9 Å². The van der Waals surface area contributed by atoms with E-state index in [2.05, 4.69) is 29.1 Å². The van der Waals surface area contributed by atoms with Crippen molar-refractivity contribution < 1.29 is 4.74 Å². The third kappa shape index (κ3) is 1.59. The summed E-state index contributed by atoms with van der Waals surface area (Å²) >= 11 is 0. The van der Waals surface area contributed by atoms with E-state index in [4.69, 9.17) is 4.74 Å². The van der Waals surface area contributed by atoms with Crippen LogP contribution in [0.5, 0.6) is 5.75 Å². The van der Waals surface area contributed by atoms with Crippen molar-refractivity contribution >= 4 is 10.9 Å². The van der Waals surface area contributed by atoms with Crippen LogP contribution in [0.1, 0.15) is 5.69 Å². The van der Waals surface area contributed by atoms with Crippen LogP contribution in [-0.4, -0.2) is 18.7 Å². The predicted molar refractivity (Wildman–Crippen MR) is 62.2 cm³/mol. The Morgan fingerprint density at radius 1 is 1.40 bits per heavy atom. The number of rotatable bonds is 3. The van der Waals surface area contributed by atoms with Gasteiger partial charge in [-0.25, -0.2) is 0 Å². The molecule has 15 heavy (non-hydrogen) atoms. The molecule has 1 aromatic heterocycles. The van der Waals surface area contributed by atoms with E-state index in [1.54, 1.807) is 7.11 Å². The molecule has 0 fully saturated rings. The van der Waals surface area contributed by atoms with Gasteiger partial charge in [0, 0.05) is 24.7 Å². The van der Waals surface area contributed by atoms with Crippen molar-refractivity contribution in [2.75, 3.05) is 14.2 Å². The molecule has 1 aromatic carbocycles. The third-order valence-corrected chi connectivity index (χ3v) is 2.72. The molecule has 0 bridgehead atoms. The first kappa shape index (κ1) is 10.1. The van der Waals surface area contributed by atoms with E-state index in [-0.39, 0.29) is 0 Å². The molecule has 0 saturated heterocycles. The van der Waals surface area contributed by atoms with E-state index < -0.39 is 0 Å². The standard InChI is InChI=1S/C12H16N2O/c1-13-8-9-7-10-11(14(9)2)5-4-6-12(10)15-3/h4-7,13H,8H2,1-3H3. The maximum atomic E-state index is 5.34. The fourth-order valence-corrected chi connectivity index (χ4v) is 1.92. The number of hydrogen-bond acceptors (Lipinski definition) is 2. The molecule has 0 radical (unpaired) electrons. The van der Waals surface area contributed by atoms with Gasteiger partial charge in [0.1, 0.15) is 5.75 Å². The van der Waals surface area contributed by atoms with Crippen molar-refractivity contribution in [2.45, 2.75) is 6.54 Å². The van der Waals surface area contributed by atoms with Gasteiger partial charge in [-0.05, 0) is 25.2 Å². The molecule has 0 amide bonds. The first-order valence-corrected chi connectivity index (χ1v) is 5.04. The van der Waals surface area contributed by atoms with Gasteiger partial charge in [-0.1, -0.05) is 6.07 Å². The van der Waals surface area contributed by atoms with Crippen LogP contribution in [0.3, 0.4) is 0 Å². The summed E-state index contributed by atoms with van der Waals surface area (Å²) in [5, 5.41) is 4.34. The summed E-state index contributed by atoms with van der Waals surface area (Å²) in [7, 11) is 5.74. The molecule has 2 rings (SSSR count). The van der Waals surface area contributed by atoms with Crippen LogP contribution in [0.4, 0.5) is 0 Å². The first-order chi connectivity index (χ1) is 7.27. The largest absolute Gasteiger partial charge is 0.496 e. The smallest absolute Gasteiger partial charge is 0.128 e. The lowest BCUT2D eigenvalue weighted by Crippen LogP contribution is -2.08. The molecule has 0 aliphatic carbocycles. The molecule has 3 heteroatoms. The molecule has 80 valence electrons. The van der Waals surface area contributed by atoms with Crippen LogP contribution in [-0.2, 0) is 13.6 Å². The predicted octanol–water partition coefficient (Wildman–Crippen LogP) is 1.91. The van der Waals surface area contributed by atoms with E-state index in [1.165, 1.54) is 16.6 Å². The zero-order valence-corrected chi connectivity index (χ0v) is 9.37. The number of fused-ring (bicyclic) bond motifs is 1. The number of aryl methyl sites for hydroxylation is 1. The van der Waals surface area contributed by atoms with Gasteiger partial charge in [0.05, 0.1) is 12.6 Å². The Balaban J connectivity index is 2.64. The zero-order valence-electron chi connectivity index (χ0n) is 9.37. The second kappa shape index (κ2) is 3.95. The molecular formula is C12H16N2O. The lowest BCUT2D eigenvalue weighted by atomic mass is 10.2. The van der Waals surface area contributed by atoms with Crippen molar-refractivity contribution in [3.05, 3.63) is 30.0 Å². The minimum atomic E-state index is 0.869. The minimum absolute atomic E-state index is 0.869. The summed E-state index contributed by atoms with van der Waals surface area (Å²) in [5.74, 6) is 0.936. The van der Waals surface area contributed by atoms with Crippen LogP contribution in [0.15, 0.2) is 24.3 Å². The van der Waals surface area contributed by atoms with Gasteiger partial charge < -0.3 is 14.6 Å². The molecule has 0 saturated carbocycles. The molecule has 0 atom stereocenters. The molecule has 1 N–H and O–H groups in total. The Morgan fingerprint density at radius 2 is 2.20 bits per heavy atom. The van der Waals surface area contributed by atoms with Crippen molar-refractivity contribution in [1.29, 1.82) is 0 Å². The normalized spacial score (nSPS) is 10.9. The quantitative estimate of drug-likeness (QED) is 0.826. The summed E-state index contributed by atoms with van der Waals surface area (Å²) in [6.45, 7) is 0.869. The minimum Gasteiger partial charge on any atom is -0.496 e.